The van der Waals surface area contributed by atoms with Gasteiger partial charge in [-0.1, -0.05) is 0 Å². The van der Waals surface area contributed by atoms with E-state index in [4.69, 9.17) is 4.74 Å². The maximum Gasteiger partial charge on any atom is 0.227 e. The standard InChI is InChI=1S/C15H20N2O3/c1-11(18)17(2)14-5-3-13(4-6-14)16-15(19)12-7-9-20-10-8-12/h3-6,12H,7-10H2,1-2H3,(H,16,19). The molecule has 1 saturated heterocycles. The van der Waals surface area contributed by atoms with Crippen molar-refractivity contribution in [2.45, 2.75) is 19.8 Å². The molecule has 0 atom stereocenters. The van der Waals surface area contributed by atoms with E-state index in [9.17, 15) is 9.59 Å². The van der Waals surface area contributed by atoms with Crippen LogP contribution in [0, 0.1) is 5.92 Å². The van der Waals surface area contributed by atoms with E-state index in [0.29, 0.717) is 13.2 Å². The fraction of sp³-hybridized carbons (Fsp3) is 0.467. The van der Waals surface area contributed by atoms with E-state index in [1.165, 1.54) is 6.92 Å². The Morgan fingerprint density at radius 2 is 1.80 bits per heavy atom. The molecule has 5 heteroatoms. The van der Waals surface area contributed by atoms with E-state index in [1.807, 2.05) is 24.3 Å². The van der Waals surface area contributed by atoms with Crippen molar-refractivity contribution in [1.29, 1.82) is 0 Å². The molecule has 5 nitrogen and oxygen atoms in total. The van der Waals surface area contributed by atoms with Gasteiger partial charge in [0.15, 0.2) is 0 Å². The number of amides is 2. The lowest BCUT2D eigenvalue weighted by atomic mass is 9.99. The van der Waals surface area contributed by atoms with Crippen molar-refractivity contribution in [3.05, 3.63) is 24.3 Å². The van der Waals surface area contributed by atoms with Crippen LogP contribution < -0.4 is 10.2 Å². The van der Waals surface area contributed by atoms with E-state index in [2.05, 4.69) is 5.32 Å². The molecule has 0 unspecified atom stereocenters. The molecule has 1 aliphatic heterocycles. The lowest BCUT2D eigenvalue weighted by molar-refractivity contribution is -0.122. The van der Waals surface area contributed by atoms with Crippen LogP contribution in [0.25, 0.3) is 0 Å². The molecular formula is C15H20N2O3. The largest absolute Gasteiger partial charge is 0.381 e. The topological polar surface area (TPSA) is 58.6 Å². The smallest absolute Gasteiger partial charge is 0.227 e. The van der Waals surface area contributed by atoms with Crippen LogP contribution in [-0.2, 0) is 14.3 Å². The number of rotatable bonds is 3. The number of ether oxygens (including phenoxy) is 1. The number of hydrogen-bond donors (Lipinski definition) is 1. The summed E-state index contributed by atoms with van der Waals surface area (Å²) in [5, 5.41) is 2.91. The predicted molar refractivity (Wildman–Crippen MR) is 77.7 cm³/mol. The third-order valence-electron chi connectivity index (χ3n) is 3.59. The Hall–Kier alpha value is -1.88. The molecule has 0 saturated carbocycles. The number of carbonyl (C=O) groups excluding carboxylic acids is 2. The van der Waals surface area contributed by atoms with Crippen LogP contribution >= 0.6 is 0 Å². The summed E-state index contributed by atoms with van der Waals surface area (Å²) in [6.45, 7) is 2.82. The summed E-state index contributed by atoms with van der Waals surface area (Å²) in [5.41, 5.74) is 1.56. The van der Waals surface area contributed by atoms with Gasteiger partial charge in [0, 0.05) is 44.5 Å². The molecule has 1 aromatic carbocycles. The van der Waals surface area contributed by atoms with Gasteiger partial charge in [0.05, 0.1) is 0 Å². The van der Waals surface area contributed by atoms with Gasteiger partial charge in [-0.15, -0.1) is 0 Å². The first-order chi connectivity index (χ1) is 9.58. The molecule has 1 aliphatic rings. The second-order valence-electron chi connectivity index (χ2n) is 5.00. The Morgan fingerprint density at radius 1 is 1.20 bits per heavy atom. The predicted octanol–water partition coefficient (Wildman–Crippen LogP) is 2.03. The summed E-state index contributed by atoms with van der Waals surface area (Å²) < 4.78 is 5.25. The Kier molecular flexibility index (Phi) is 4.74. The third-order valence-corrected chi connectivity index (χ3v) is 3.59. The van der Waals surface area contributed by atoms with Crippen LogP contribution in [0.15, 0.2) is 24.3 Å². The zero-order valence-corrected chi connectivity index (χ0v) is 11.9. The molecule has 2 amide bonds. The fourth-order valence-electron chi connectivity index (χ4n) is 2.15. The molecule has 0 aliphatic carbocycles. The van der Waals surface area contributed by atoms with Crippen LogP contribution in [0.5, 0.6) is 0 Å². The maximum absolute atomic E-state index is 12.1. The highest BCUT2D eigenvalue weighted by Crippen LogP contribution is 2.20. The Morgan fingerprint density at radius 3 is 2.35 bits per heavy atom. The van der Waals surface area contributed by atoms with E-state index in [0.717, 1.165) is 24.2 Å². The number of anilines is 2. The average molecular weight is 276 g/mol. The van der Waals surface area contributed by atoms with Crippen LogP contribution in [0.3, 0.4) is 0 Å². The number of hydrogen-bond acceptors (Lipinski definition) is 3. The summed E-state index contributed by atoms with van der Waals surface area (Å²) in [4.78, 5) is 24.9. The molecule has 1 heterocycles. The van der Waals surface area contributed by atoms with Crippen LogP contribution in [-0.4, -0.2) is 32.1 Å². The zero-order chi connectivity index (χ0) is 14.5. The van der Waals surface area contributed by atoms with Crippen molar-refractivity contribution < 1.29 is 14.3 Å². The summed E-state index contributed by atoms with van der Waals surface area (Å²) in [7, 11) is 1.72. The second-order valence-corrected chi connectivity index (χ2v) is 5.00. The second kappa shape index (κ2) is 6.52. The molecular weight excluding hydrogens is 256 g/mol. The number of benzene rings is 1. The third kappa shape index (κ3) is 3.57. The normalized spacial score (nSPS) is 15.7. The Balaban J connectivity index is 1.96. The fourth-order valence-corrected chi connectivity index (χ4v) is 2.15. The van der Waals surface area contributed by atoms with Crippen molar-refractivity contribution in [2.75, 3.05) is 30.5 Å². The minimum absolute atomic E-state index is 0.0241. The lowest BCUT2D eigenvalue weighted by Crippen LogP contribution is -2.28. The highest BCUT2D eigenvalue weighted by Gasteiger charge is 2.21. The molecule has 108 valence electrons. The van der Waals surface area contributed by atoms with Gasteiger partial charge in [-0.25, -0.2) is 0 Å². The summed E-state index contributed by atoms with van der Waals surface area (Å²) in [5.74, 6) is 0.0493. The maximum atomic E-state index is 12.1. The van der Waals surface area contributed by atoms with Crippen LogP contribution in [0.4, 0.5) is 11.4 Å². The zero-order valence-electron chi connectivity index (χ0n) is 11.9. The summed E-state index contributed by atoms with van der Waals surface area (Å²) in [6, 6.07) is 7.26. The minimum Gasteiger partial charge on any atom is -0.381 e. The van der Waals surface area contributed by atoms with Crippen molar-refractivity contribution in [1.82, 2.24) is 0 Å². The van der Waals surface area contributed by atoms with Gasteiger partial charge in [-0.3, -0.25) is 9.59 Å². The molecule has 20 heavy (non-hydrogen) atoms. The molecule has 0 spiro atoms. The quantitative estimate of drug-likeness (QED) is 0.919. The van der Waals surface area contributed by atoms with Crippen molar-refractivity contribution in [3.8, 4) is 0 Å². The van der Waals surface area contributed by atoms with Gasteiger partial charge < -0.3 is 15.0 Å². The molecule has 1 aromatic rings. The van der Waals surface area contributed by atoms with Gasteiger partial charge in [0.1, 0.15) is 0 Å². The number of nitrogens with one attached hydrogen (secondary N) is 1. The molecule has 0 radical (unpaired) electrons. The first-order valence-electron chi connectivity index (χ1n) is 6.81. The SMILES string of the molecule is CC(=O)N(C)c1ccc(NC(=O)C2CCOCC2)cc1. The van der Waals surface area contributed by atoms with Crippen molar-refractivity contribution in [3.63, 3.8) is 0 Å². The van der Waals surface area contributed by atoms with E-state index >= 15 is 0 Å². The van der Waals surface area contributed by atoms with Crippen molar-refractivity contribution in [2.24, 2.45) is 5.92 Å². The molecule has 0 bridgehead atoms. The van der Waals surface area contributed by atoms with Gasteiger partial charge in [0.2, 0.25) is 11.8 Å². The van der Waals surface area contributed by atoms with E-state index < -0.39 is 0 Å². The highest BCUT2D eigenvalue weighted by atomic mass is 16.5. The number of nitrogens with zero attached hydrogens (tertiary/aromatic N) is 1. The Labute approximate surface area is 118 Å². The first-order valence-corrected chi connectivity index (χ1v) is 6.81. The highest BCUT2D eigenvalue weighted by molar-refractivity contribution is 5.94. The monoisotopic (exact) mass is 276 g/mol. The lowest BCUT2D eigenvalue weighted by Gasteiger charge is -2.21. The summed E-state index contributed by atoms with van der Waals surface area (Å²) in [6.07, 6.45) is 1.55. The average Bonchev–Trinajstić information content (AvgIpc) is 2.48. The van der Waals surface area contributed by atoms with Gasteiger partial charge in [-0.05, 0) is 37.1 Å². The minimum atomic E-state index is -0.0241. The molecule has 1 fully saturated rings. The first kappa shape index (κ1) is 14.5. The molecule has 0 aromatic heterocycles. The molecule has 1 N–H and O–H groups in total. The van der Waals surface area contributed by atoms with E-state index in [-0.39, 0.29) is 17.7 Å². The van der Waals surface area contributed by atoms with Gasteiger partial charge >= 0.3 is 0 Å². The molecule has 2 rings (SSSR count). The van der Waals surface area contributed by atoms with Crippen LogP contribution in [0.1, 0.15) is 19.8 Å². The van der Waals surface area contributed by atoms with Crippen molar-refractivity contribution >= 4 is 23.2 Å². The van der Waals surface area contributed by atoms with Gasteiger partial charge in [0.25, 0.3) is 0 Å². The van der Waals surface area contributed by atoms with Crippen LogP contribution in [0.2, 0.25) is 0 Å². The van der Waals surface area contributed by atoms with Gasteiger partial charge in [-0.2, -0.15) is 0 Å². The Bertz CT molecular complexity index is 478. The number of carbonyl (C=O) groups is 2. The summed E-state index contributed by atoms with van der Waals surface area (Å²) >= 11 is 0. The van der Waals surface area contributed by atoms with E-state index in [1.54, 1.807) is 11.9 Å².